The SMILES string of the molecule is COc1cccc(C(=O)N/N=C\c2cc(C(C)C)c(O)c(C(C)C)c2)c1. The van der Waals surface area contributed by atoms with Gasteiger partial charge in [0, 0.05) is 5.56 Å². The number of phenols is 1. The molecule has 0 aliphatic carbocycles. The van der Waals surface area contributed by atoms with Gasteiger partial charge >= 0.3 is 0 Å². The lowest BCUT2D eigenvalue weighted by Crippen LogP contribution is -2.17. The van der Waals surface area contributed by atoms with Gasteiger partial charge in [0.1, 0.15) is 11.5 Å². The van der Waals surface area contributed by atoms with Crippen molar-refractivity contribution < 1.29 is 14.6 Å². The molecule has 2 N–H and O–H groups in total. The summed E-state index contributed by atoms with van der Waals surface area (Å²) < 4.78 is 5.12. The third-order valence-corrected chi connectivity index (χ3v) is 4.15. The second-order valence-electron chi connectivity index (χ2n) is 6.79. The van der Waals surface area contributed by atoms with Crippen molar-refractivity contribution in [1.82, 2.24) is 5.43 Å². The molecule has 26 heavy (non-hydrogen) atoms. The van der Waals surface area contributed by atoms with E-state index in [9.17, 15) is 9.90 Å². The zero-order valence-corrected chi connectivity index (χ0v) is 15.9. The van der Waals surface area contributed by atoms with Crippen LogP contribution >= 0.6 is 0 Å². The summed E-state index contributed by atoms with van der Waals surface area (Å²) in [4.78, 5) is 12.2. The first-order chi connectivity index (χ1) is 12.3. The third kappa shape index (κ3) is 4.63. The van der Waals surface area contributed by atoms with Gasteiger partial charge in [0.05, 0.1) is 13.3 Å². The molecule has 0 aromatic heterocycles. The molecule has 5 heteroatoms. The van der Waals surface area contributed by atoms with Crippen LogP contribution in [0.5, 0.6) is 11.5 Å². The van der Waals surface area contributed by atoms with Crippen molar-refractivity contribution >= 4 is 12.1 Å². The summed E-state index contributed by atoms with van der Waals surface area (Å²) in [5, 5.41) is 14.5. The Morgan fingerprint density at radius 1 is 1.12 bits per heavy atom. The fraction of sp³-hybridized carbons (Fsp3) is 0.333. The molecule has 5 nitrogen and oxygen atoms in total. The van der Waals surface area contributed by atoms with E-state index in [0.29, 0.717) is 17.1 Å². The first-order valence-electron chi connectivity index (χ1n) is 8.67. The Hall–Kier alpha value is -2.82. The second-order valence-corrected chi connectivity index (χ2v) is 6.79. The van der Waals surface area contributed by atoms with Gasteiger partial charge in [-0.2, -0.15) is 5.10 Å². The van der Waals surface area contributed by atoms with Crippen molar-refractivity contribution in [3.63, 3.8) is 0 Å². The summed E-state index contributed by atoms with van der Waals surface area (Å²) in [5.41, 5.74) is 5.57. The van der Waals surface area contributed by atoms with Gasteiger partial charge in [-0.25, -0.2) is 5.43 Å². The molecule has 138 valence electrons. The highest BCUT2D eigenvalue weighted by atomic mass is 16.5. The Bertz CT molecular complexity index is 782. The van der Waals surface area contributed by atoms with Crippen LogP contribution in [0.3, 0.4) is 0 Å². The van der Waals surface area contributed by atoms with Crippen LogP contribution in [0.25, 0.3) is 0 Å². The van der Waals surface area contributed by atoms with E-state index < -0.39 is 0 Å². The van der Waals surface area contributed by atoms with E-state index in [0.717, 1.165) is 16.7 Å². The van der Waals surface area contributed by atoms with Crippen LogP contribution in [-0.4, -0.2) is 24.3 Å². The van der Waals surface area contributed by atoms with Crippen molar-refractivity contribution in [2.45, 2.75) is 39.5 Å². The Labute approximate surface area is 154 Å². The van der Waals surface area contributed by atoms with Crippen LogP contribution in [0.4, 0.5) is 0 Å². The summed E-state index contributed by atoms with van der Waals surface area (Å²) in [6.07, 6.45) is 1.59. The molecule has 0 fully saturated rings. The number of hydrogen-bond acceptors (Lipinski definition) is 4. The van der Waals surface area contributed by atoms with Crippen molar-refractivity contribution in [3.05, 3.63) is 58.7 Å². The van der Waals surface area contributed by atoms with Gasteiger partial charge in [0.15, 0.2) is 0 Å². The Kier molecular flexibility index (Phi) is 6.39. The number of ether oxygens (including phenoxy) is 1. The maximum Gasteiger partial charge on any atom is 0.271 e. The van der Waals surface area contributed by atoms with Gasteiger partial charge in [-0.05, 0) is 58.9 Å². The van der Waals surface area contributed by atoms with E-state index >= 15 is 0 Å². The molecule has 0 bridgehead atoms. The predicted octanol–water partition coefficient (Wildman–Crippen LogP) is 4.41. The van der Waals surface area contributed by atoms with E-state index in [2.05, 4.69) is 10.5 Å². The number of amides is 1. The molecule has 0 radical (unpaired) electrons. The first-order valence-corrected chi connectivity index (χ1v) is 8.67. The number of benzene rings is 2. The minimum absolute atomic E-state index is 0.187. The minimum atomic E-state index is -0.313. The van der Waals surface area contributed by atoms with E-state index in [1.807, 2.05) is 39.8 Å². The van der Waals surface area contributed by atoms with Crippen LogP contribution in [0.2, 0.25) is 0 Å². The average molecular weight is 354 g/mol. The molecule has 0 unspecified atom stereocenters. The number of hydrazone groups is 1. The summed E-state index contributed by atoms with van der Waals surface area (Å²) in [5.74, 6) is 1.02. The normalized spacial score (nSPS) is 11.3. The van der Waals surface area contributed by atoms with Crippen LogP contribution < -0.4 is 10.2 Å². The number of methoxy groups -OCH3 is 1. The Morgan fingerprint density at radius 3 is 2.27 bits per heavy atom. The number of nitrogens with one attached hydrogen (secondary N) is 1. The molecule has 2 aromatic carbocycles. The van der Waals surface area contributed by atoms with Gasteiger partial charge in [0.25, 0.3) is 5.91 Å². The molecule has 2 rings (SSSR count). The lowest BCUT2D eigenvalue weighted by molar-refractivity contribution is 0.0955. The summed E-state index contributed by atoms with van der Waals surface area (Å²) in [7, 11) is 1.55. The smallest absolute Gasteiger partial charge is 0.271 e. The van der Waals surface area contributed by atoms with Gasteiger partial charge in [-0.1, -0.05) is 33.8 Å². The van der Waals surface area contributed by atoms with Gasteiger partial charge in [-0.3, -0.25) is 4.79 Å². The van der Waals surface area contributed by atoms with Crippen molar-refractivity contribution in [2.24, 2.45) is 5.10 Å². The number of hydrogen-bond donors (Lipinski definition) is 2. The van der Waals surface area contributed by atoms with Crippen LogP contribution in [0.1, 0.15) is 66.6 Å². The number of phenolic OH excluding ortho intramolecular Hbond substituents is 1. The van der Waals surface area contributed by atoms with Crippen molar-refractivity contribution in [2.75, 3.05) is 7.11 Å². The standard InChI is InChI=1S/C21H26N2O3/c1-13(2)18-9-15(10-19(14(3)4)20(18)24)12-22-23-21(25)16-7-6-8-17(11-16)26-5/h6-14,24H,1-5H3,(H,23,25)/b22-12-. The molecule has 0 saturated carbocycles. The van der Waals surface area contributed by atoms with Crippen LogP contribution in [-0.2, 0) is 0 Å². The van der Waals surface area contributed by atoms with E-state index in [1.54, 1.807) is 37.6 Å². The number of aromatic hydroxyl groups is 1. The third-order valence-electron chi connectivity index (χ3n) is 4.15. The maximum absolute atomic E-state index is 12.2. The van der Waals surface area contributed by atoms with E-state index in [-0.39, 0.29) is 17.7 Å². The largest absolute Gasteiger partial charge is 0.507 e. The lowest BCUT2D eigenvalue weighted by atomic mass is 9.92. The Morgan fingerprint density at radius 2 is 1.73 bits per heavy atom. The van der Waals surface area contributed by atoms with Gasteiger partial charge < -0.3 is 9.84 Å². The second kappa shape index (κ2) is 8.52. The highest BCUT2D eigenvalue weighted by molar-refractivity contribution is 5.95. The molecule has 0 atom stereocenters. The van der Waals surface area contributed by atoms with Gasteiger partial charge in [0.2, 0.25) is 0 Å². The molecule has 2 aromatic rings. The monoisotopic (exact) mass is 354 g/mol. The number of carbonyl (C=O) groups is 1. The fourth-order valence-electron chi connectivity index (χ4n) is 2.65. The highest BCUT2D eigenvalue weighted by Crippen LogP contribution is 2.34. The molecule has 1 amide bonds. The van der Waals surface area contributed by atoms with Crippen LogP contribution in [0.15, 0.2) is 41.5 Å². The highest BCUT2D eigenvalue weighted by Gasteiger charge is 2.14. The lowest BCUT2D eigenvalue weighted by Gasteiger charge is -2.16. The maximum atomic E-state index is 12.2. The molecule has 0 heterocycles. The quantitative estimate of drug-likeness (QED) is 0.596. The minimum Gasteiger partial charge on any atom is -0.507 e. The summed E-state index contributed by atoms with van der Waals surface area (Å²) in [6.45, 7) is 8.13. The Balaban J connectivity index is 2.20. The molecule has 0 spiro atoms. The number of carbonyl (C=O) groups excluding carboxylic acids is 1. The summed E-state index contributed by atoms with van der Waals surface area (Å²) in [6, 6.07) is 10.7. The number of rotatable bonds is 6. The van der Waals surface area contributed by atoms with Crippen LogP contribution in [0, 0.1) is 0 Å². The van der Waals surface area contributed by atoms with Crippen molar-refractivity contribution in [3.8, 4) is 11.5 Å². The van der Waals surface area contributed by atoms with E-state index in [4.69, 9.17) is 4.74 Å². The first kappa shape index (κ1) is 19.5. The molecular formula is C21H26N2O3. The fourth-order valence-corrected chi connectivity index (χ4v) is 2.65. The average Bonchev–Trinajstić information content (AvgIpc) is 2.62. The van der Waals surface area contributed by atoms with Gasteiger partial charge in [-0.15, -0.1) is 0 Å². The predicted molar refractivity (Wildman–Crippen MR) is 104 cm³/mol. The molecule has 0 aliphatic heterocycles. The van der Waals surface area contributed by atoms with E-state index in [1.165, 1.54) is 0 Å². The number of nitrogens with zero attached hydrogens (tertiary/aromatic N) is 1. The van der Waals surface area contributed by atoms with Crippen molar-refractivity contribution in [1.29, 1.82) is 0 Å². The zero-order valence-electron chi connectivity index (χ0n) is 15.9. The molecular weight excluding hydrogens is 328 g/mol. The zero-order chi connectivity index (χ0) is 19.3. The topological polar surface area (TPSA) is 70.9 Å². The summed E-state index contributed by atoms with van der Waals surface area (Å²) >= 11 is 0. The molecule has 0 saturated heterocycles. The molecule has 0 aliphatic rings.